The molecule has 0 amide bonds. The fourth-order valence-corrected chi connectivity index (χ4v) is 3.67. The zero-order valence-electron chi connectivity index (χ0n) is 18.8. The molecule has 11 heteroatoms. The molecule has 1 saturated heterocycles. The maximum atomic E-state index is 12.7. The van der Waals surface area contributed by atoms with E-state index in [1.807, 2.05) is 18.2 Å². The normalized spacial score (nSPS) is 14.7. The minimum Gasteiger partial charge on any atom is -0.487 e. The Kier molecular flexibility index (Phi) is 7.06. The lowest BCUT2D eigenvalue weighted by molar-refractivity contribution is -0.137. The molecule has 4 rings (SSSR count). The molecular weight excluding hydrogens is 465 g/mol. The summed E-state index contributed by atoms with van der Waals surface area (Å²) >= 11 is 0. The number of alkyl halides is 3. The van der Waals surface area contributed by atoms with Gasteiger partial charge in [-0.05, 0) is 54.5 Å². The van der Waals surface area contributed by atoms with Crippen LogP contribution in [0.2, 0.25) is 0 Å². The standard InChI is InChI=1S/C24H23F3N4O4/c1-16(12-23(32)33)17-2-7-21(30-8-10-34-11-9-30)22(13-17)31-14-19(28-29-31)15-35-20-5-3-18(4-6-20)24(25,26)27/h2-7,12-14H,8-11,15H2,1H3,(H,32,33)/b16-12+. The first-order valence-corrected chi connectivity index (χ1v) is 10.8. The van der Waals surface area contributed by atoms with E-state index < -0.39 is 17.7 Å². The molecule has 184 valence electrons. The number of hydrogen-bond acceptors (Lipinski definition) is 6. The summed E-state index contributed by atoms with van der Waals surface area (Å²) in [7, 11) is 0. The molecular formula is C24H23F3N4O4. The minimum atomic E-state index is -4.41. The molecule has 0 atom stereocenters. The zero-order chi connectivity index (χ0) is 25.0. The maximum absolute atomic E-state index is 12.7. The van der Waals surface area contributed by atoms with Crippen LogP contribution < -0.4 is 9.64 Å². The molecule has 1 aliphatic heterocycles. The summed E-state index contributed by atoms with van der Waals surface area (Å²) in [6.45, 7) is 4.28. The largest absolute Gasteiger partial charge is 0.487 e. The number of hydrogen-bond donors (Lipinski definition) is 1. The summed E-state index contributed by atoms with van der Waals surface area (Å²) in [5, 5.41) is 17.4. The first-order chi connectivity index (χ1) is 16.7. The van der Waals surface area contributed by atoms with Gasteiger partial charge in [-0.15, -0.1) is 5.10 Å². The summed E-state index contributed by atoms with van der Waals surface area (Å²) < 4.78 is 50.8. The molecule has 8 nitrogen and oxygen atoms in total. The molecule has 1 fully saturated rings. The monoisotopic (exact) mass is 488 g/mol. The third-order valence-electron chi connectivity index (χ3n) is 5.48. The highest BCUT2D eigenvalue weighted by atomic mass is 19.4. The Morgan fingerprint density at radius 2 is 1.86 bits per heavy atom. The number of halogens is 3. The average Bonchev–Trinajstić information content (AvgIpc) is 3.31. The Hall–Kier alpha value is -3.86. The van der Waals surface area contributed by atoms with Crippen molar-refractivity contribution in [3.8, 4) is 11.4 Å². The second-order valence-corrected chi connectivity index (χ2v) is 7.93. The number of carboxylic acid groups (broad SMARTS) is 1. The first-order valence-electron chi connectivity index (χ1n) is 10.8. The molecule has 0 radical (unpaired) electrons. The topological polar surface area (TPSA) is 89.7 Å². The second-order valence-electron chi connectivity index (χ2n) is 7.93. The lowest BCUT2D eigenvalue weighted by atomic mass is 10.0. The molecule has 0 unspecified atom stereocenters. The van der Waals surface area contributed by atoms with E-state index >= 15 is 0 Å². The smallest absolute Gasteiger partial charge is 0.416 e. The van der Waals surface area contributed by atoms with Gasteiger partial charge in [0.2, 0.25) is 0 Å². The van der Waals surface area contributed by atoms with Crippen LogP contribution in [0.1, 0.15) is 23.7 Å². The lowest BCUT2D eigenvalue weighted by Gasteiger charge is -2.30. The number of aliphatic carboxylic acids is 1. The Morgan fingerprint density at radius 1 is 1.14 bits per heavy atom. The molecule has 0 spiro atoms. The van der Waals surface area contributed by atoms with Gasteiger partial charge in [-0.25, -0.2) is 9.48 Å². The Labute approximate surface area is 199 Å². The number of ether oxygens (including phenoxy) is 2. The van der Waals surface area contributed by atoms with Crippen molar-refractivity contribution in [2.24, 2.45) is 0 Å². The van der Waals surface area contributed by atoms with Crippen LogP contribution >= 0.6 is 0 Å². The van der Waals surface area contributed by atoms with E-state index in [2.05, 4.69) is 15.2 Å². The van der Waals surface area contributed by atoms with Crippen molar-refractivity contribution >= 4 is 17.2 Å². The summed E-state index contributed by atoms with van der Waals surface area (Å²) in [6.07, 6.45) is -1.60. The van der Waals surface area contributed by atoms with E-state index in [9.17, 15) is 18.0 Å². The van der Waals surface area contributed by atoms with Gasteiger partial charge in [0.05, 0.1) is 36.3 Å². The van der Waals surface area contributed by atoms with Gasteiger partial charge in [0.1, 0.15) is 18.1 Å². The maximum Gasteiger partial charge on any atom is 0.416 e. The van der Waals surface area contributed by atoms with Gasteiger partial charge in [0, 0.05) is 19.2 Å². The zero-order valence-corrected chi connectivity index (χ0v) is 18.8. The van der Waals surface area contributed by atoms with Crippen LogP contribution in [0.3, 0.4) is 0 Å². The second kappa shape index (κ2) is 10.2. The van der Waals surface area contributed by atoms with Crippen molar-refractivity contribution in [1.82, 2.24) is 15.0 Å². The number of benzene rings is 2. The lowest BCUT2D eigenvalue weighted by Crippen LogP contribution is -2.36. The number of carbonyl (C=O) groups is 1. The van der Waals surface area contributed by atoms with Crippen LogP contribution in [0.15, 0.2) is 54.7 Å². The van der Waals surface area contributed by atoms with Crippen molar-refractivity contribution in [1.29, 1.82) is 0 Å². The van der Waals surface area contributed by atoms with Gasteiger partial charge in [-0.3, -0.25) is 0 Å². The predicted molar refractivity (Wildman–Crippen MR) is 121 cm³/mol. The molecule has 0 saturated carbocycles. The van der Waals surface area contributed by atoms with Crippen LogP contribution in [0, 0.1) is 0 Å². The summed E-state index contributed by atoms with van der Waals surface area (Å²) in [4.78, 5) is 13.3. The van der Waals surface area contributed by atoms with Gasteiger partial charge in [0.25, 0.3) is 0 Å². The number of anilines is 1. The van der Waals surface area contributed by atoms with Gasteiger partial charge >= 0.3 is 12.1 Å². The van der Waals surface area contributed by atoms with E-state index in [1.165, 1.54) is 12.1 Å². The van der Waals surface area contributed by atoms with E-state index in [4.69, 9.17) is 14.6 Å². The summed E-state index contributed by atoms with van der Waals surface area (Å²) in [5.41, 5.74) is 2.62. The van der Waals surface area contributed by atoms with Crippen molar-refractivity contribution in [2.45, 2.75) is 19.7 Å². The van der Waals surface area contributed by atoms with Gasteiger partial charge in [-0.2, -0.15) is 13.2 Å². The highest BCUT2D eigenvalue weighted by molar-refractivity contribution is 5.90. The van der Waals surface area contributed by atoms with Crippen LogP contribution in [-0.2, 0) is 22.3 Å². The highest BCUT2D eigenvalue weighted by Crippen LogP contribution is 2.31. The number of rotatable bonds is 7. The third kappa shape index (κ3) is 5.99. The quantitative estimate of drug-likeness (QED) is 0.499. The minimum absolute atomic E-state index is 0.00981. The third-order valence-corrected chi connectivity index (χ3v) is 5.48. The van der Waals surface area contributed by atoms with E-state index in [1.54, 1.807) is 17.8 Å². The fourth-order valence-electron chi connectivity index (χ4n) is 3.67. The highest BCUT2D eigenvalue weighted by Gasteiger charge is 2.30. The fraction of sp³-hybridized carbons (Fsp3) is 0.292. The van der Waals surface area contributed by atoms with Gasteiger partial charge in [0.15, 0.2) is 0 Å². The number of nitrogens with zero attached hydrogens (tertiary/aromatic N) is 4. The molecule has 2 heterocycles. The van der Waals surface area contributed by atoms with Crippen LogP contribution in [0.25, 0.3) is 11.3 Å². The van der Waals surface area contributed by atoms with Crippen LogP contribution in [0.4, 0.5) is 18.9 Å². The average molecular weight is 488 g/mol. The predicted octanol–water partition coefficient (Wildman–Crippen LogP) is 4.19. The Morgan fingerprint density at radius 3 is 2.51 bits per heavy atom. The molecule has 1 N–H and O–H groups in total. The number of morpholine rings is 1. The molecule has 0 bridgehead atoms. The first kappa shape index (κ1) is 24.3. The Balaban J connectivity index is 1.57. The van der Waals surface area contributed by atoms with Crippen LogP contribution in [-0.4, -0.2) is 52.4 Å². The molecule has 2 aromatic carbocycles. The van der Waals surface area contributed by atoms with Crippen molar-refractivity contribution in [3.63, 3.8) is 0 Å². The number of allylic oxidation sites excluding steroid dienone is 1. The number of carboxylic acids is 1. The molecule has 1 aromatic heterocycles. The van der Waals surface area contributed by atoms with Gasteiger partial charge in [-0.1, -0.05) is 11.3 Å². The summed E-state index contributed by atoms with van der Waals surface area (Å²) in [5.74, 6) is -0.761. The summed E-state index contributed by atoms with van der Waals surface area (Å²) in [6, 6.07) is 10.0. The molecule has 35 heavy (non-hydrogen) atoms. The van der Waals surface area contributed by atoms with Crippen molar-refractivity contribution < 1.29 is 32.5 Å². The van der Waals surface area contributed by atoms with Gasteiger partial charge < -0.3 is 19.5 Å². The molecule has 3 aromatic rings. The SMILES string of the molecule is C/C(=C\C(=O)O)c1ccc(N2CCOCC2)c(-n2cc(COc3ccc(C(F)(F)F)cc3)nn2)c1. The Bertz CT molecular complexity index is 1220. The van der Waals surface area contributed by atoms with E-state index in [0.717, 1.165) is 29.5 Å². The van der Waals surface area contributed by atoms with E-state index in [0.29, 0.717) is 43.3 Å². The van der Waals surface area contributed by atoms with Crippen molar-refractivity contribution in [3.05, 3.63) is 71.6 Å². The molecule has 1 aliphatic rings. The number of aromatic nitrogens is 3. The van der Waals surface area contributed by atoms with Crippen molar-refractivity contribution in [2.75, 3.05) is 31.2 Å². The molecule has 0 aliphatic carbocycles. The van der Waals surface area contributed by atoms with E-state index in [-0.39, 0.29) is 12.4 Å². The van der Waals surface area contributed by atoms with Crippen LogP contribution in [0.5, 0.6) is 5.75 Å².